The van der Waals surface area contributed by atoms with E-state index in [2.05, 4.69) is 50.8 Å². The molecular weight excluding hydrogens is 384 g/mol. The second kappa shape index (κ2) is 8.99. The number of nitrogens with zero attached hydrogens (tertiary/aromatic N) is 2. The highest BCUT2D eigenvalue weighted by atomic mass is 16.2. The van der Waals surface area contributed by atoms with Crippen LogP contribution in [-0.4, -0.2) is 40.6 Å². The number of likely N-dealkylation sites (tertiary alicyclic amines) is 1. The fraction of sp³-hybridized carbons (Fsp3) is 0.538. The summed E-state index contributed by atoms with van der Waals surface area (Å²) >= 11 is 0. The molecule has 5 nitrogen and oxygen atoms in total. The van der Waals surface area contributed by atoms with E-state index in [1.165, 1.54) is 36.8 Å². The molecule has 164 valence electrons. The topological polar surface area (TPSA) is 61.0 Å². The monoisotopic (exact) mass is 418 g/mol. The van der Waals surface area contributed by atoms with Gasteiger partial charge in [0.1, 0.15) is 0 Å². The number of aromatic nitrogens is 2. The molecule has 2 heterocycles. The van der Waals surface area contributed by atoms with E-state index < -0.39 is 0 Å². The maximum atomic E-state index is 12.7. The normalized spacial score (nSPS) is 22.8. The van der Waals surface area contributed by atoms with Crippen LogP contribution in [0.2, 0.25) is 0 Å². The predicted octanol–water partition coefficient (Wildman–Crippen LogP) is 4.69. The molecule has 0 radical (unpaired) electrons. The highest BCUT2D eigenvalue weighted by Gasteiger charge is 2.58. The number of rotatable bonds is 7. The van der Waals surface area contributed by atoms with Gasteiger partial charge in [-0.05, 0) is 75.4 Å². The lowest BCUT2D eigenvalue weighted by atomic mass is 9.90. The van der Waals surface area contributed by atoms with Gasteiger partial charge in [-0.3, -0.25) is 14.8 Å². The van der Waals surface area contributed by atoms with Crippen LogP contribution in [0.1, 0.15) is 56.9 Å². The van der Waals surface area contributed by atoms with E-state index in [1.807, 2.05) is 12.3 Å². The van der Waals surface area contributed by atoms with Crippen molar-refractivity contribution in [3.8, 4) is 11.3 Å². The molecule has 3 aliphatic rings. The van der Waals surface area contributed by atoms with Gasteiger partial charge in [-0.2, -0.15) is 5.10 Å². The van der Waals surface area contributed by atoms with Gasteiger partial charge in [0.25, 0.3) is 0 Å². The number of nitrogens with one attached hydrogen (secondary N) is 2. The fourth-order valence-electron chi connectivity index (χ4n) is 5.56. The van der Waals surface area contributed by atoms with Gasteiger partial charge in [0.15, 0.2) is 0 Å². The SMILES string of the molecule is O=C(NCCC1=CCCCC1)[C@@H]1CC12CCN(Cc1cn[nH]c1-c1ccccc1)CC2. The fourth-order valence-corrected chi connectivity index (χ4v) is 5.56. The van der Waals surface area contributed by atoms with E-state index in [4.69, 9.17) is 0 Å². The van der Waals surface area contributed by atoms with E-state index in [0.29, 0.717) is 5.91 Å². The summed E-state index contributed by atoms with van der Waals surface area (Å²) in [5.41, 5.74) is 5.37. The van der Waals surface area contributed by atoms with Crippen LogP contribution in [-0.2, 0) is 11.3 Å². The lowest BCUT2D eigenvalue weighted by Gasteiger charge is -2.32. The smallest absolute Gasteiger partial charge is 0.223 e. The second-order valence-electron chi connectivity index (χ2n) is 9.68. The molecule has 1 atom stereocenters. The molecule has 5 rings (SSSR count). The Bertz CT molecular complexity index is 924. The van der Waals surface area contributed by atoms with Crippen LogP contribution in [0.3, 0.4) is 0 Å². The van der Waals surface area contributed by atoms with E-state index >= 15 is 0 Å². The number of hydrogen-bond donors (Lipinski definition) is 2. The Morgan fingerprint density at radius 3 is 2.81 bits per heavy atom. The Morgan fingerprint density at radius 1 is 1.19 bits per heavy atom. The van der Waals surface area contributed by atoms with Gasteiger partial charge in [0.05, 0.1) is 11.9 Å². The third kappa shape index (κ3) is 4.62. The van der Waals surface area contributed by atoms with Crippen LogP contribution in [0.4, 0.5) is 0 Å². The first-order valence-corrected chi connectivity index (χ1v) is 12.0. The maximum Gasteiger partial charge on any atom is 0.223 e. The second-order valence-corrected chi connectivity index (χ2v) is 9.68. The minimum atomic E-state index is 0.240. The molecule has 2 N–H and O–H groups in total. The first-order chi connectivity index (χ1) is 15.2. The van der Waals surface area contributed by atoms with Crippen LogP contribution < -0.4 is 5.32 Å². The summed E-state index contributed by atoms with van der Waals surface area (Å²) in [4.78, 5) is 15.2. The molecule has 5 heteroatoms. The molecule has 1 aliphatic heterocycles. The van der Waals surface area contributed by atoms with Gasteiger partial charge in [0.2, 0.25) is 5.91 Å². The minimum absolute atomic E-state index is 0.240. The number of benzene rings is 1. The van der Waals surface area contributed by atoms with Gasteiger partial charge >= 0.3 is 0 Å². The summed E-state index contributed by atoms with van der Waals surface area (Å²) in [6.07, 6.45) is 13.8. The van der Waals surface area contributed by atoms with Gasteiger partial charge < -0.3 is 5.32 Å². The number of carbonyl (C=O) groups is 1. The number of piperidine rings is 1. The number of amides is 1. The van der Waals surface area contributed by atoms with Crippen molar-refractivity contribution in [1.82, 2.24) is 20.4 Å². The van der Waals surface area contributed by atoms with E-state index in [-0.39, 0.29) is 11.3 Å². The van der Waals surface area contributed by atoms with Crippen molar-refractivity contribution >= 4 is 5.91 Å². The van der Waals surface area contributed by atoms with Crippen LogP contribution in [0.15, 0.2) is 48.2 Å². The molecule has 2 aliphatic carbocycles. The summed E-state index contributed by atoms with van der Waals surface area (Å²) in [7, 11) is 0. The third-order valence-corrected chi connectivity index (χ3v) is 7.66. The third-order valence-electron chi connectivity index (χ3n) is 7.66. The van der Waals surface area contributed by atoms with Gasteiger partial charge in [-0.15, -0.1) is 0 Å². The predicted molar refractivity (Wildman–Crippen MR) is 123 cm³/mol. The van der Waals surface area contributed by atoms with Crippen molar-refractivity contribution < 1.29 is 4.79 Å². The molecule has 1 aromatic heterocycles. The average molecular weight is 419 g/mol. The summed E-state index contributed by atoms with van der Waals surface area (Å²) in [5, 5.41) is 10.7. The molecule has 1 saturated carbocycles. The van der Waals surface area contributed by atoms with Crippen molar-refractivity contribution in [2.45, 2.75) is 57.9 Å². The molecule has 0 bridgehead atoms. The minimum Gasteiger partial charge on any atom is -0.356 e. The molecular formula is C26H34N4O. The van der Waals surface area contributed by atoms with Gasteiger partial charge in [-0.1, -0.05) is 42.0 Å². The molecule has 1 aromatic carbocycles. The number of allylic oxidation sites excluding steroid dienone is 1. The van der Waals surface area contributed by atoms with Crippen LogP contribution in [0.25, 0.3) is 11.3 Å². The zero-order chi connectivity index (χ0) is 21.1. The standard InChI is InChI=1S/C26H34N4O/c31-25(27-14-11-20-7-3-1-4-8-20)23-17-26(23)12-15-30(16-13-26)19-22-18-28-29-24(22)21-9-5-2-6-10-21/h2,5-7,9-10,18,23H,1,3-4,8,11-17,19H2,(H,27,31)(H,28,29)/t23-/m0/s1. The van der Waals surface area contributed by atoms with E-state index in [0.717, 1.165) is 57.6 Å². The average Bonchev–Trinajstić information content (AvgIpc) is 3.32. The Labute approximate surface area is 185 Å². The quantitative estimate of drug-likeness (QED) is 0.642. The van der Waals surface area contributed by atoms with E-state index in [9.17, 15) is 4.79 Å². The summed E-state index contributed by atoms with van der Waals surface area (Å²) in [5.74, 6) is 0.537. The number of H-pyrrole nitrogens is 1. The maximum absolute atomic E-state index is 12.7. The van der Waals surface area contributed by atoms with Crippen molar-refractivity contribution in [2.24, 2.45) is 11.3 Å². The summed E-state index contributed by atoms with van der Waals surface area (Å²) in [6.45, 7) is 3.86. The molecule has 31 heavy (non-hydrogen) atoms. The van der Waals surface area contributed by atoms with Crippen molar-refractivity contribution in [1.29, 1.82) is 0 Å². The van der Waals surface area contributed by atoms with Gasteiger partial charge in [0, 0.05) is 24.6 Å². The van der Waals surface area contributed by atoms with Crippen LogP contribution in [0, 0.1) is 11.3 Å². The largest absolute Gasteiger partial charge is 0.356 e. The summed E-state index contributed by atoms with van der Waals surface area (Å²) in [6, 6.07) is 10.4. The van der Waals surface area contributed by atoms with Gasteiger partial charge in [-0.25, -0.2) is 0 Å². The zero-order valence-corrected chi connectivity index (χ0v) is 18.4. The highest BCUT2D eigenvalue weighted by Crippen LogP contribution is 2.59. The molecule has 0 unspecified atom stereocenters. The molecule has 1 amide bonds. The number of hydrogen-bond acceptors (Lipinski definition) is 3. The van der Waals surface area contributed by atoms with E-state index in [1.54, 1.807) is 5.57 Å². The van der Waals surface area contributed by atoms with Crippen molar-refractivity contribution in [3.63, 3.8) is 0 Å². The highest BCUT2D eigenvalue weighted by molar-refractivity contribution is 5.82. The Kier molecular flexibility index (Phi) is 5.95. The Hall–Kier alpha value is -2.40. The van der Waals surface area contributed by atoms with Crippen LogP contribution in [0.5, 0.6) is 0 Å². The molecule has 1 spiro atoms. The number of carbonyl (C=O) groups excluding carboxylic acids is 1. The molecule has 2 fully saturated rings. The first-order valence-electron chi connectivity index (χ1n) is 12.0. The number of aromatic amines is 1. The Morgan fingerprint density at radius 2 is 2.03 bits per heavy atom. The first kappa shape index (κ1) is 20.5. The lowest BCUT2D eigenvalue weighted by Crippen LogP contribution is -2.37. The van der Waals surface area contributed by atoms with Crippen molar-refractivity contribution in [3.05, 3.63) is 53.7 Å². The molecule has 2 aromatic rings. The Balaban J connectivity index is 1.09. The van der Waals surface area contributed by atoms with Crippen LogP contribution >= 0.6 is 0 Å². The van der Waals surface area contributed by atoms with Crippen molar-refractivity contribution in [2.75, 3.05) is 19.6 Å². The summed E-state index contributed by atoms with van der Waals surface area (Å²) < 4.78 is 0. The zero-order valence-electron chi connectivity index (χ0n) is 18.4. The lowest BCUT2D eigenvalue weighted by molar-refractivity contribution is -0.123. The molecule has 1 saturated heterocycles.